The molecule has 19 heavy (non-hydrogen) atoms. The quantitative estimate of drug-likeness (QED) is 0.777. The molecule has 2 bridgehead atoms. The van der Waals surface area contributed by atoms with Crippen LogP contribution in [0, 0.1) is 5.92 Å². The third-order valence-corrected chi connectivity index (χ3v) is 4.02. The van der Waals surface area contributed by atoms with Gasteiger partial charge in [0.05, 0.1) is 6.04 Å². The first kappa shape index (κ1) is 12.2. The zero-order valence-electron chi connectivity index (χ0n) is 10.9. The Hall–Kier alpha value is -1.84. The van der Waals surface area contributed by atoms with E-state index < -0.39 is 0 Å². The lowest BCUT2D eigenvalue weighted by molar-refractivity contribution is -0.155. The highest BCUT2D eigenvalue weighted by atomic mass is 16.5. The Morgan fingerprint density at radius 2 is 2.05 bits per heavy atom. The third kappa shape index (κ3) is 2.23. The summed E-state index contributed by atoms with van der Waals surface area (Å²) in [6.07, 6.45) is 1.39. The molecule has 1 heterocycles. The summed E-state index contributed by atoms with van der Waals surface area (Å²) in [5.74, 6) is -0.0139. The number of carbonyl (C=O) groups excluding carboxylic acids is 2. The van der Waals surface area contributed by atoms with Crippen LogP contribution in [0.1, 0.15) is 25.3 Å². The minimum absolute atomic E-state index is 0.0399. The van der Waals surface area contributed by atoms with Crippen LogP contribution in [0.2, 0.25) is 0 Å². The normalized spacial score (nSPS) is 28.8. The number of likely N-dealkylation sites (tertiary alicyclic amines) is 1. The molecule has 2 aliphatic rings. The first-order valence-corrected chi connectivity index (χ1v) is 6.67. The van der Waals surface area contributed by atoms with Gasteiger partial charge in [0, 0.05) is 19.4 Å². The molecule has 1 aromatic carbocycles. The van der Waals surface area contributed by atoms with E-state index in [-0.39, 0.29) is 29.9 Å². The molecule has 1 amide bonds. The molecule has 1 saturated heterocycles. The van der Waals surface area contributed by atoms with E-state index in [2.05, 4.69) is 0 Å². The maximum Gasteiger partial charge on any atom is 0.302 e. The van der Waals surface area contributed by atoms with E-state index in [9.17, 15) is 9.59 Å². The fraction of sp³-hybridized carbons (Fsp3) is 0.467. The van der Waals surface area contributed by atoms with Crippen LogP contribution in [0.4, 0.5) is 0 Å². The number of esters is 1. The van der Waals surface area contributed by atoms with Crippen molar-refractivity contribution in [2.45, 2.75) is 38.5 Å². The van der Waals surface area contributed by atoms with Gasteiger partial charge in [-0.25, -0.2) is 0 Å². The smallest absolute Gasteiger partial charge is 0.302 e. The zero-order valence-corrected chi connectivity index (χ0v) is 10.9. The third-order valence-electron chi connectivity index (χ3n) is 4.02. The van der Waals surface area contributed by atoms with Crippen molar-refractivity contribution < 1.29 is 14.3 Å². The number of carbonyl (C=O) groups is 2. The molecule has 0 spiro atoms. The van der Waals surface area contributed by atoms with Crippen molar-refractivity contribution in [2.75, 3.05) is 0 Å². The average molecular weight is 259 g/mol. The van der Waals surface area contributed by atoms with E-state index >= 15 is 0 Å². The van der Waals surface area contributed by atoms with Gasteiger partial charge in [0.15, 0.2) is 0 Å². The van der Waals surface area contributed by atoms with Crippen molar-refractivity contribution >= 4 is 11.9 Å². The van der Waals surface area contributed by atoms with Gasteiger partial charge in [0.2, 0.25) is 5.91 Å². The Labute approximate surface area is 112 Å². The number of nitrogens with zero attached hydrogens (tertiary/aromatic N) is 1. The minimum atomic E-state index is -0.260. The van der Waals surface area contributed by atoms with Crippen molar-refractivity contribution in [3.8, 4) is 0 Å². The van der Waals surface area contributed by atoms with Gasteiger partial charge in [-0.15, -0.1) is 0 Å². The van der Waals surface area contributed by atoms with Crippen LogP contribution >= 0.6 is 0 Å². The fourth-order valence-electron chi connectivity index (χ4n) is 3.22. The highest BCUT2D eigenvalue weighted by molar-refractivity contribution is 5.83. The first-order chi connectivity index (χ1) is 9.15. The first-order valence-electron chi connectivity index (χ1n) is 6.67. The van der Waals surface area contributed by atoms with E-state index in [0.29, 0.717) is 13.0 Å². The summed E-state index contributed by atoms with van der Waals surface area (Å²) >= 11 is 0. The predicted molar refractivity (Wildman–Crippen MR) is 69.1 cm³/mol. The molecule has 1 aromatic rings. The molecule has 0 aromatic heterocycles. The Kier molecular flexibility index (Phi) is 3.01. The molecule has 3 atom stereocenters. The van der Waals surface area contributed by atoms with Crippen LogP contribution in [0.15, 0.2) is 30.3 Å². The molecule has 1 aliphatic carbocycles. The summed E-state index contributed by atoms with van der Waals surface area (Å²) in [5, 5.41) is 0. The second-order valence-electron chi connectivity index (χ2n) is 5.34. The number of amides is 1. The van der Waals surface area contributed by atoms with Gasteiger partial charge < -0.3 is 9.64 Å². The number of ether oxygens (including phenoxy) is 1. The van der Waals surface area contributed by atoms with Gasteiger partial charge in [0.1, 0.15) is 6.10 Å². The maximum absolute atomic E-state index is 12.2. The molecular formula is C15H17NO3. The summed E-state index contributed by atoms with van der Waals surface area (Å²) < 4.78 is 5.33. The number of benzene rings is 1. The Morgan fingerprint density at radius 3 is 2.68 bits per heavy atom. The van der Waals surface area contributed by atoms with Crippen LogP contribution in [0.25, 0.3) is 0 Å². The predicted octanol–water partition coefficient (Wildman–Crippen LogP) is 1.74. The van der Waals surface area contributed by atoms with Crippen LogP contribution < -0.4 is 0 Å². The van der Waals surface area contributed by atoms with Gasteiger partial charge in [-0.05, 0) is 18.4 Å². The van der Waals surface area contributed by atoms with E-state index in [0.717, 1.165) is 12.0 Å². The van der Waals surface area contributed by atoms with Crippen LogP contribution in [-0.4, -0.2) is 28.9 Å². The van der Waals surface area contributed by atoms with Crippen molar-refractivity contribution in [3.63, 3.8) is 0 Å². The minimum Gasteiger partial charge on any atom is -0.460 e. The lowest BCUT2D eigenvalue weighted by Crippen LogP contribution is -2.45. The van der Waals surface area contributed by atoms with Crippen molar-refractivity contribution in [1.29, 1.82) is 0 Å². The number of hydrogen-bond acceptors (Lipinski definition) is 3. The van der Waals surface area contributed by atoms with Crippen LogP contribution in [-0.2, 0) is 20.9 Å². The summed E-state index contributed by atoms with van der Waals surface area (Å²) in [5.41, 5.74) is 1.12. The summed E-state index contributed by atoms with van der Waals surface area (Å²) in [6.45, 7) is 2.04. The number of fused-ring (bicyclic) bond motifs is 2. The van der Waals surface area contributed by atoms with Gasteiger partial charge in [0.25, 0.3) is 0 Å². The molecule has 4 heteroatoms. The molecule has 3 rings (SSSR count). The number of hydrogen-bond donors (Lipinski definition) is 0. The average Bonchev–Trinajstić information content (AvgIpc) is 2.90. The molecular weight excluding hydrogens is 242 g/mol. The lowest BCUT2D eigenvalue weighted by atomic mass is 10.1. The zero-order chi connectivity index (χ0) is 13.4. The second-order valence-corrected chi connectivity index (χ2v) is 5.34. The van der Waals surface area contributed by atoms with Crippen molar-refractivity contribution in [3.05, 3.63) is 35.9 Å². The Bertz CT molecular complexity index is 499. The second kappa shape index (κ2) is 4.68. The van der Waals surface area contributed by atoms with Crippen LogP contribution in [0.5, 0.6) is 0 Å². The van der Waals surface area contributed by atoms with E-state index in [1.807, 2.05) is 35.2 Å². The molecule has 2 fully saturated rings. The van der Waals surface area contributed by atoms with E-state index in [1.165, 1.54) is 6.92 Å². The summed E-state index contributed by atoms with van der Waals surface area (Å²) in [6, 6.07) is 9.99. The van der Waals surface area contributed by atoms with E-state index in [1.54, 1.807) is 0 Å². The number of piperidine rings is 1. The highest BCUT2D eigenvalue weighted by Crippen LogP contribution is 2.41. The van der Waals surface area contributed by atoms with Gasteiger partial charge >= 0.3 is 5.97 Å². The monoisotopic (exact) mass is 259 g/mol. The fourth-order valence-corrected chi connectivity index (χ4v) is 3.22. The molecule has 3 unspecified atom stereocenters. The molecule has 100 valence electrons. The van der Waals surface area contributed by atoms with Crippen LogP contribution in [0.3, 0.4) is 0 Å². The molecule has 0 radical (unpaired) electrons. The molecule has 4 nitrogen and oxygen atoms in total. The largest absolute Gasteiger partial charge is 0.460 e. The molecule has 0 N–H and O–H groups in total. The van der Waals surface area contributed by atoms with Crippen molar-refractivity contribution in [2.24, 2.45) is 5.92 Å². The Balaban J connectivity index is 1.74. The Morgan fingerprint density at radius 1 is 1.32 bits per heavy atom. The van der Waals surface area contributed by atoms with Gasteiger partial charge in [-0.2, -0.15) is 0 Å². The topological polar surface area (TPSA) is 46.6 Å². The van der Waals surface area contributed by atoms with E-state index in [4.69, 9.17) is 4.74 Å². The highest BCUT2D eigenvalue weighted by Gasteiger charge is 2.51. The standard InChI is InChI=1S/C15H17NO3/c1-10(17)19-14-8-12-7-13(14)16(15(12)18)9-11-5-3-2-4-6-11/h2-6,12-14H,7-9H2,1H3. The summed E-state index contributed by atoms with van der Waals surface area (Å²) in [4.78, 5) is 25.2. The summed E-state index contributed by atoms with van der Waals surface area (Å²) in [7, 11) is 0. The van der Waals surface area contributed by atoms with Crippen molar-refractivity contribution in [1.82, 2.24) is 4.90 Å². The number of rotatable bonds is 3. The van der Waals surface area contributed by atoms with Gasteiger partial charge in [-0.1, -0.05) is 30.3 Å². The lowest BCUT2D eigenvalue weighted by Gasteiger charge is -2.32. The maximum atomic E-state index is 12.2. The SMILES string of the molecule is CC(=O)OC1CC2CC1N(Cc1ccccc1)C2=O. The molecule has 1 aliphatic heterocycles. The molecule has 1 saturated carbocycles. The van der Waals surface area contributed by atoms with Gasteiger partial charge in [-0.3, -0.25) is 9.59 Å².